The van der Waals surface area contributed by atoms with Crippen molar-refractivity contribution in [2.75, 3.05) is 26.4 Å². The molecule has 0 radical (unpaired) electrons. The molecule has 0 aromatic rings. The van der Waals surface area contributed by atoms with Crippen molar-refractivity contribution < 1.29 is 56.7 Å². The molecule has 2 aliphatic heterocycles. The van der Waals surface area contributed by atoms with Crippen LogP contribution in [-0.2, 0) is 56.7 Å². The summed E-state index contributed by atoms with van der Waals surface area (Å²) in [6.45, 7) is 2.95. The number of hydrogen-bond acceptors (Lipinski definition) is 12. The summed E-state index contributed by atoms with van der Waals surface area (Å²) in [5, 5.41) is 0. The Labute approximate surface area is 167 Å². The van der Waals surface area contributed by atoms with Crippen LogP contribution in [-0.4, -0.2) is 81.7 Å². The third-order valence-electron chi connectivity index (χ3n) is 3.88. The van der Waals surface area contributed by atoms with E-state index in [9.17, 15) is 19.2 Å². The van der Waals surface area contributed by atoms with Gasteiger partial charge in [0.1, 0.15) is 0 Å². The first kappa shape index (κ1) is 23.1. The smallest absolute Gasteiger partial charge is 0.505 e. The number of hydrogen-bond donors (Lipinski definition) is 0. The van der Waals surface area contributed by atoms with E-state index in [-0.39, 0.29) is 26.4 Å². The van der Waals surface area contributed by atoms with Crippen molar-refractivity contribution in [1.82, 2.24) is 0 Å². The van der Waals surface area contributed by atoms with Crippen LogP contribution in [0.1, 0.15) is 27.7 Å². The highest BCUT2D eigenvalue weighted by molar-refractivity contribution is 6.56. The third kappa shape index (κ3) is 5.04. The number of carbonyl (C=O) groups is 4. The summed E-state index contributed by atoms with van der Waals surface area (Å²) in [6, 6.07) is 0. The van der Waals surface area contributed by atoms with Crippen LogP contribution < -0.4 is 0 Å². The second-order valence-electron chi connectivity index (χ2n) is 5.81. The average Bonchev–Trinajstić information content (AvgIpc) is 3.24. The molecule has 0 amide bonds. The fourth-order valence-electron chi connectivity index (χ4n) is 2.81. The van der Waals surface area contributed by atoms with Gasteiger partial charge in [0, 0.05) is 0 Å². The van der Waals surface area contributed by atoms with E-state index >= 15 is 0 Å². The molecular formula is C16H24BO12-. The second kappa shape index (κ2) is 10.0. The Morgan fingerprint density at radius 2 is 0.759 bits per heavy atom. The van der Waals surface area contributed by atoms with Crippen LogP contribution in [0.25, 0.3) is 0 Å². The van der Waals surface area contributed by atoms with Gasteiger partial charge in [0.25, 0.3) is 0 Å². The molecule has 1 spiro atoms. The van der Waals surface area contributed by atoms with Crippen LogP contribution in [0.3, 0.4) is 0 Å². The quantitative estimate of drug-likeness (QED) is 0.277. The van der Waals surface area contributed by atoms with Crippen LogP contribution >= 0.6 is 0 Å². The van der Waals surface area contributed by atoms with E-state index in [0.29, 0.717) is 0 Å². The zero-order valence-corrected chi connectivity index (χ0v) is 16.6. The summed E-state index contributed by atoms with van der Waals surface area (Å²) in [6.07, 6.45) is -6.34. The van der Waals surface area contributed by atoms with Gasteiger partial charge in [0.2, 0.25) is 0 Å². The Balaban J connectivity index is 2.30. The first-order valence-corrected chi connectivity index (χ1v) is 9.32. The molecule has 0 aromatic carbocycles. The molecule has 2 aliphatic rings. The van der Waals surface area contributed by atoms with E-state index < -0.39 is 55.3 Å². The zero-order valence-electron chi connectivity index (χ0n) is 16.6. The Bertz CT molecular complexity index is 528. The van der Waals surface area contributed by atoms with Crippen LogP contribution in [0, 0.1) is 0 Å². The van der Waals surface area contributed by atoms with Crippen molar-refractivity contribution >= 4 is 30.8 Å². The molecule has 0 saturated carbocycles. The van der Waals surface area contributed by atoms with Gasteiger partial charge in [0.05, 0.1) is 26.4 Å². The fraction of sp³-hybridized carbons (Fsp3) is 0.750. The van der Waals surface area contributed by atoms with Gasteiger partial charge in [0.15, 0.2) is 24.4 Å². The number of carbonyl (C=O) groups excluding carboxylic acids is 4. The van der Waals surface area contributed by atoms with Gasteiger partial charge in [-0.05, 0) is 27.7 Å². The Morgan fingerprint density at radius 3 is 0.931 bits per heavy atom. The highest BCUT2D eigenvalue weighted by atomic mass is 16.9. The lowest BCUT2D eigenvalue weighted by Gasteiger charge is -2.28. The highest BCUT2D eigenvalue weighted by Crippen LogP contribution is 2.37. The molecule has 0 N–H and O–H groups in total. The molecule has 2 rings (SSSR count). The Kier molecular flexibility index (Phi) is 7.96. The van der Waals surface area contributed by atoms with E-state index in [1.807, 2.05) is 0 Å². The fourth-order valence-corrected chi connectivity index (χ4v) is 2.81. The van der Waals surface area contributed by atoms with Gasteiger partial charge in [-0.2, -0.15) is 0 Å². The first-order chi connectivity index (χ1) is 13.8. The van der Waals surface area contributed by atoms with Crippen molar-refractivity contribution in [3.05, 3.63) is 0 Å². The van der Waals surface area contributed by atoms with Crippen molar-refractivity contribution in [2.45, 2.75) is 52.1 Å². The van der Waals surface area contributed by atoms with Gasteiger partial charge >= 0.3 is 30.8 Å². The lowest BCUT2D eigenvalue weighted by molar-refractivity contribution is -0.163. The van der Waals surface area contributed by atoms with Crippen LogP contribution in [0.4, 0.5) is 0 Å². The van der Waals surface area contributed by atoms with E-state index in [2.05, 4.69) is 0 Å². The molecule has 12 nitrogen and oxygen atoms in total. The Morgan fingerprint density at radius 1 is 0.552 bits per heavy atom. The van der Waals surface area contributed by atoms with Gasteiger partial charge in [-0.15, -0.1) is 0 Å². The van der Waals surface area contributed by atoms with Gasteiger partial charge in [-0.1, -0.05) is 0 Å². The van der Waals surface area contributed by atoms with E-state index in [1.54, 1.807) is 27.7 Å². The third-order valence-corrected chi connectivity index (χ3v) is 3.88. The summed E-state index contributed by atoms with van der Waals surface area (Å²) in [4.78, 5) is 48.9. The van der Waals surface area contributed by atoms with Crippen molar-refractivity contribution in [1.29, 1.82) is 0 Å². The first-order valence-electron chi connectivity index (χ1n) is 9.32. The summed E-state index contributed by atoms with van der Waals surface area (Å²) >= 11 is 0. The van der Waals surface area contributed by atoms with E-state index in [0.717, 1.165) is 0 Å². The molecule has 2 fully saturated rings. The summed E-state index contributed by atoms with van der Waals surface area (Å²) in [5.41, 5.74) is 0. The van der Waals surface area contributed by atoms with E-state index in [4.69, 9.17) is 37.6 Å². The summed E-state index contributed by atoms with van der Waals surface area (Å²) < 4.78 is 41.2. The average molecular weight is 419 g/mol. The minimum absolute atomic E-state index is 0.00680. The van der Waals surface area contributed by atoms with Crippen molar-refractivity contribution in [3.63, 3.8) is 0 Å². The lowest BCUT2D eigenvalue weighted by atomic mass is 10.1. The molecule has 0 aromatic heterocycles. The SMILES string of the molecule is CCOC(=O)[C@@H]1O[B-]2(O[C@H]1C(=O)OCC)O[C@@H](C(=O)OCC)[C@H](C(=O)OCC)O2. The maximum absolute atomic E-state index is 12.2. The molecule has 4 atom stereocenters. The van der Waals surface area contributed by atoms with Crippen molar-refractivity contribution in [3.8, 4) is 0 Å². The van der Waals surface area contributed by atoms with Gasteiger partial charge < -0.3 is 37.6 Å². The zero-order chi connectivity index (χ0) is 21.6. The molecule has 2 heterocycles. The van der Waals surface area contributed by atoms with Gasteiger partial charge in [-0.25, -0.2) is 19.2 Å². The number of rotatable bonds is 8. The molecule has 0 bridgehead atoms. The largest absolute Gasteiger partial charge is 0.533 e. The predicted octanol–water partition coefficient (Wildman–Crippen LogP) is -0.758. The molecule has 2 saturated heterocycles. The van der Waals surface area contributed by atoms with Gasteiger partial charge in [-0.3, -0.25) is 0 Å². The standard InChI is InChI=1S/C16H24BO12/c1-5-22-13(18)9-10(14(19)23-6-2)27-17(26-9)28-11(15(20)24-7-3)12(29-17)16(21)25-8-4/h9-12H,5-8H2,1-4H3/q-1/t9-,10-,11-,12-/m1/s1. The molecular weight excluding hydrogens is 395 g/mol. The summed E-state index contributed by atoms with van der Waals surface area (Å²) in [5.74, 6) is -3.71. The minimum Gasteiger partial charge on any atom is -0.505 e. The van der Waals surface area contributed by atoms with E-state index in [1.165, 1.54) is 0 Å². The van der Waals surface area contributed by atoms with Crippen LogP contribution in [0.5, 0.6) is 0 Å². The maximum Gasteiger partial charge on any atom is 0.533 e. The van der Waals surface area contributed by atoms with Crippen molar-refractivity contribution in [2.24, 2.45) is 0 Å². The Hall–Kier alpha value is -2.22. The topological polar surface area (TPSA) is 142 Å². The minimum atomic E-state index is -3.31. The number of ether oxygens (including phenoxy) is 4. The van der Waals surface area contributed by atoms with Crippen LogP contribution in [0.15, 0.2) is 0 Å². The second-order valence-corrected chi connectivity index (χ2v) is 5.81. The monoisotopic (exact) mass is 419 g/mol. The normalized spacial score (nSPS) is 27.4. The highest BCUT2D eigenvalue weighted by Gasteiger charge is 2.61. The molecule has 0 aliphatic carbocycles. The lowest BCUT2D eigenvalue weighted by Crippen LogP contribution is -2.42. The summed E-state index contributed by atoms with van der Waals surface area (Å²) in [7, 11) is 0. The predicted molar refractivity (Wildman–Crippen MR) is 91.8 cm³/mol. The molecule has 0 unspecified atom stereocenters. The molecule has 164 valence electrons. The van der Waals surface area contributed by atoms with Crippen LogP contribution in [0.2, 0.25) is 0 Å². The maximum atomic E-state index is 12.2. The molecule has 13 heteroatoms. The molecule has 29 heavy (non-hydrogen) atoms. The number of esters is 4.